The maximum atomic E-state index is 10.5. The molecular weight excluding hydrogens is 312 g/mol. The van der Waals surface area contributed by atoms with E-state index in [1.807, 2.05) is 0 Å². The van der Waals surface area contributed by atoms with E-state index in [1.165, 1.54) is 24.3 Å². The first-order valence-electron chi connectivity index (χ1n) is 5.81. The minimum Gasteiger partial charge on any atom is -0.258 e. The van der Waals surface area contributed by atoms with E-state index >= 15 is 0 Å². The smallest absolute Gasteiger partial charge is 0.258 e. The fraction of sp³-hybridized carbons (Fsp3) is 0.0769. The van der Waals surface area contributed by atoms with Crippen LogP contribution in [0.4, 0.5) is 11.4 Å². The highest BCUT2D eigenvalue weighted by Gasteiger charge is 2.06. The highest BCUT2D eigenvalue weighted by Crippen LogP contribution is 2.29. The molecule has 0 fully saturated rings. The van der Waals surface area contributed by atoms with Crippen LogP contribution in [-0.4, -0.2) is 14.9 Å². The van der Waals surface area contributed by atoms with Gasteiger partial charge in [0.25, 0.3) is 11.4 Å². The minimum atomic E-state index is -0.430. The van der Waals surface area contributed by atoms with E-state index in [-0.39, 0.29) is 11.4 Å². The molecule has 0 aromatic heterocycles. The summed E-state index contributed by atoms with van der Waals surface area (Å²) < 4.78 is 0. The van der Waals surface area contributed by atoms with E-state index in [2.05, 4.69) is 0 Å². The number of nitrogens with zero attached hydrogens (tertiary/aromatic N) is 2. The topological polar surface area (TPSA) is 86.3 Å². The monoisotopic (exact) mass is 322 g/mol. The highest BCUT2D eigenvalue weighted by molar-refractivity contribution is 8.16. The molecule has 21 heavy (non-hydrogen) atoms. The predicted molar refractivity (Wildman–Crippen MR) is 82.8 cm³/mol. The molecule has 0 unspecified atom stereocenters. The first kappa shape index (κ1) is 15.3. The number of benzene rings is 2. The molecule has 6 nitrogen and oxygen atoms in total. The van der Waals surface area contributed by atoms with E-state index in [1.54, 1.807) is 47.8 Å². The van der Waals surface area contributed by atoms with Gasteiger partial charge >= 0.3 is 0 Å². The molecule has 0 amide bonds. The largest absolute Gasteiger partial charge is 0.269 e. The quantitative estimate of drug-likeness (QED) is 0.340. The summed E-state index contributed by atoms with van der Waals surface area (Å²) >= 11 is 3.11. The van der Waals surface area contributed by atoms with Gasteiger partial charge in [-0.25, -0.2) is 0 Å². The molecule has 0 aliphatic carbocycles. The zero-order chi connectivity index (χ0) is 15.2. The second-order valence-corrected chi connectivity index (χ2v) is 6.37. The maximum absolute atomic E-state index is 10.5. The third-order valence-corrected chi connectivity index (χ3v) is 4.70. The van der Waals surface area contributed by atoms with Crippen LogP contribution >= 0.6 is 23.5 Å². The molecule has 8 heteroatoms. The number of non-ortho nitro benzene ring substituents is 2. The summed E-state index contributed by atoms with van der Waals surface area (Å²) in [5.41, 5.74) is 0.143. The fourth-order valence-electron chi connectivity index (χ4n) is 1.49. The Kier molecular flexibility index (Phi) is 5.18. The van der Waals surface area contributed by atoms with Crippen LogP contribution in [-0.2, 0) is 0 Å². The van der Waals surface area contributed by atoms with Crippen LogP contribution in [0.2, 0.25) is 0 Å². The lowest BCUT2D eigenvalue weighted by molar-refractivity contribution is -0.385. The highest BCUT2D eigenvalue weighted by atomic mass is 32.2. The maximum Gasteiger partial charge on any atom is 0.269 e. The Morgan fingerprint density at radius 1 is 0.714 bits per heavy atom. The molecule has 0 saturated heterocycles. The normalized spacial score (nSPS) is 10.3. The summed E-state index contributed by atoms with van der Waals surface area (Å²) in [5.74, 6) is 0. The molecule has 0 bridgehead atoms. The van der Waals surface area contributed by atoms with Gasteiger partial charge in [-0.05, 0) is 24.3 Å². The Labute approximate surface area is 128 Å². The number of thioether (sulfide) groups is 2. The second kappa shape index (κ2) is 7.09. The summed E-state index contributed by atoms with van der Waals surface area (Å²) in [4.78, 5) is 22.1. The van der Waals surface area contributed by atoms with Gasteiger partial charge in [0.1, 0.15) is 0 Å². The SMILES string of the molecule is O=[N+]([O-])c1ccc(SCSc2ccc([N+](=O)[O-])cc2)cc1. The second-order valence-electron chi connectivity index (χ2n) is 3.91. The summed E-state index contributed by atoms with van der Waals surface area (Å²) in [6.45, 7) is 0. The van der Waals surface area contributed by atoms with Crippen molar-refractivity contribution < 1.29 is 9.85 Å². The first-order valence-corrected chi connectivity index (χ1v) is 7.78. The van der Waals surface area contributed by atoms with Gasteiger partial charge < -0.3 is 0 Å². The average Bonchev–Trinajstić information content (AvgIpc) is 2.48. The average molecular weight is 322 g/mol. The Bertz CT molecular complexity index is 587. The number of hydrogen-bond acceptors (Lipinski definition) is 6. The van der Waals surface area contributed by atoms with Crippen molar-refractivity contribution in [3.05, 3.63) is 68.8 Å². The van der Waals surface area contributed by atoms with Crippen molar-refractivity contribution in [1.29, 1.82) is 0 Å². The molecule has 0 radical (unpaired) electrons. The first-order chi connectivity index (χ1) is 10.1. The molecule has 2 aromatic rings. The molecule has 0 aliphatic rings. The van der Waals surface area contributed by atoms with E-state index in [9.17, 15) is 20.2 Å². The van der Waals surface area contributed by atoms with Crippen molar-refractivity contribution in [3.8, 4) is 0 Å². The van der Waals surface area contributed by atoms with Gasteiger partial charge in [0.05, 0.1) is 9.85 Å². The van der Waals surface area contributed by atoms with E-state index in [0.29, 0.717) is 0 Å². The van der Waals surface area contributed by atoms with Crippen molar-refractivity contribution in [1.82, 2.24) is 0 Å². The molecule has 0 spiro atoms. The van der Waals surface area contributed by atoms with Crippen LogP contribution in [0.5, 0.6) is 0 Å². The molecule has 0 saturated carbocycles. The Morgan fingerprint density at radius 3 is 1.33 bits per heavy atom. The van der Waals surface area contributed by atoms with Gasteiger partial charge in [0.2, 0.25) is 0 Å². The van der Waals surface area contributed by atoms with Crippen LogP contribution in [0, 0.1) is 20.2 Å². The van der Waals surface area contributed by atoms with Crippen LogP contribution in [0.15, 0.2) is 58.3 Å². The lowest BCUT2D eigenvalue weighted by Crippen LogP contribution is -1.87. The molecule has 2 aromatic carbocycles. The molecule has 0 heterocycles. The Morgan fingerprint density at radius 2 is 1.05 bits per heavy atom. The van der Waals surface area contributed by atoms with E-state index in [4.69, 9.17) is 0 Å². The van der Waals surface area contributed by atoms with Gasteiger partial charge in [-0.2, -0.15) is 0 Å². The van der Waals surface area contributed by atoms with Crippen molar-refractivity contribution in [3.63, 3.8) is 0 Å². The van der Waals surface area contributed by atoms with E-state index in [0.717, 1.165) is 14.9 Å². The van der Waals surface area contributed by atoms with Gasteiger partial charge in [-0.1, -0.05) is 0 Å². The molecular formula is C13H10N2O4S2. The lowest BCUT2D eigenvalue weighted by atomic mass is 10.3. The molecule has 108 valence electrons. The molecule has 0 aliphatic heterocycles. The summed E-state index contributed by atoms with van der Waals surface area (Å²) in [7, 11) is 0. The van der Waals surface area contributed by atoms with Crippen molar-refractivity contribution >= 4 is 34.9 Å². The van der Waals surface area contributed by atoms with Crippen molar-refractivity contribution in [2.24, 2.45) is 0 Å². The predicted octanol–water partition coefficient (Wildman–Crippen LogP) is 4.34. The van der Waals surface area contributed by atoms with Gasteiger partial charge in [0.15, 0.2) is 0 Å². The fourth-order valence-corrected chi connectivity index (χ4v) is 3.48. The number of nitro benzene ring substituents is 2. The Hall–Kier alpha value is -2.06. The zero-order valence-electron chi connectivity index (χ0n) is 10.7. The third-order valence-electron chi connectivity index (χ3n) is 2.55. The summed E-state index contributed by atoms with van der Waals surface area (Å²) in [6.07, 6.45) is 0. The standard InChI is InChI=1S/C13H10N2O4S2/c16-14(17)10-1-5-12(6-2-10)20-9-21-13-7-3-11(4-8-13)15(18)19/h1-8H,9H2. The number of hydrogen-bond donors (Lipinski definition) is 0. The van der Waals surface area contributed by atoms with Crippen molar-refractivity contribution in [2.75, 3.05) is 5.08 Å². The molecule has 0 N–H and O–H groups in total. The van der Waals surface area contributed by atoms with Crippen LogP contribution in [0.25, 0.3) is 0 Å². The third kappa shape index (κ3) is 4.47. The van der Waals surface area contributed by atoms with Crippen molar-refractivity contribution in [2.45, 2.75) is 9.79 Å². The van der Waals surface area contributed by atoms with Gasteiger partial charge in [-0.3, -0.25) is 20.2 Å². The Balaban J connectivity index is 1.86. The number of rotatable bonds is 6. The van der Waals surface area contributed by atoms with Gasteiger partial charge in [-0.15, -0.1) is 23.5 Å². The molecule has 0 atom stereocenters. The summed E-state index contributed by atoms with van der Waals surface area (Å²) in [6, 6.07) is 12.7. The lowest BCUT2D eigenvalue weighted by Gasteiger charge is -2.02. The van der Waals surface area contributed by atoms with E-state index < -0.39 is 9.85 Å². The molecule has 2 rings (SSSR count). The zero-order valence-corrected chi connectivity index (χ0v) is 12.3. The summed E-state index contributed by atoms with van der Waals surface area (Å²) in [5, 5.41) is 21.8. The minimum absolute atomic E-state index is 0.0716. The van der Waals surface area contributed by atoms with Gasteiger partial charge in [0, 0.05) is 39.1 Å². The van der Waals surface area contributed by atoms with Crippen LogP contribution in [0.1, 0.15) is 0 Å². The number of nitro groups is 2. The van der Waals surface area contributed by atoms with Crippen LogP contribution < -0.4 is 0 Å². The van der Waals surface area contributed by atoms with Crippen LogP contribution in [0.3, 0.4) is 0 Å².